The third-order valence-corrected chi connectivity index (χ3v) is 3.27. The van der Waals surface area contributed by atoms with Gasteiger partial charge in [0.1, 0.15) is 24.1 Å². The first kappa shape index (κ1) is 13.8. The molecule has 2 rings (SSSR count). The molecule has 0 amide bonds. The van der Waals surface area contributed by atoms with Crippen molar-refractivity contribution >= 4 is 15.9 Å². The van der Waals surface area contributed by atoms with E-state index in [1.165, 1.54) is 0 Å². The summed E-state index contributed by atoms with van der Waals surface area (Å²) in [5.74, 6) is 0.790. The van der Waals surface area contributed by atoms with Crippen LogP contribution < -0.4 is 4.74 Å². The van der Waals surface area contributed by atoms with Crippen molar-refractivity contribution in [2.24, 2.45) is 0 Å². The summed E-state index contributed by atoms with van der Waals surface area (Å²) in [4.78, 5) is 0. The maximum absolute atomic E-state index is 9.23. The van der Waals surface area contributed by atoms with E-state index in [1.54, 1.807) is 0 Å². The Bertz CT molecular complexity index is 381. The highest BCUT2D eigenvalue weighted by atomic mass is 79.9. The van der Waals surface area contributed by atoms with Crippen LogP contribution in [0.4, 0.5) is 0 Å². The van der Waals surface area contributed by atoms with Gasteiger partial charge in [-0.3, -0.25) is 0 Å². The van der Waals surface area contributed by atoms with Crippen LogP contribution in [-0.4, -0.2) is 43.2 Å². The Morgan fingerprint density at radius 1 is 1.44 bits per heavy atom. The molecule has 0 aromatic heterocycles. The summed E-state index contributed by atoms with van der Waals surface area (Å²) in [5, 5.41) is 9.23. The van der Waals surface area contributed by atoms with Crippen LogP contribution in [0.2, 0.25) is 0 Å². The summed E-state index contributed by atoms with van der Waals surface area (Å²) in [6, 6.07) is 7.62. The third-order valence-electron chi connectivity index (χ3n) is 2.75. The van der Waals surface area contributed by atoms with E-state index in [1.807, 2.05) is 31.2 Å². The molecule has 1 aromatic carbocycles. The first-order chi connectivity index (χ1) is 8.61. The van der Waals surface area contributed by atoms with Gasteiger partial charge in [0.05, 0.1) is 19.8 Å². The molecule has 1 heterocycles. The normalized spacial score (nSPS) is 28.1. The number of rotatable bonds is 4. The van der Waals surface area contributed by atoms with E-state index in [0.717, 1.165) is 10.2 Å². The Hall–Kier alpha value is -0.620. The molecule has 1 saturated heterocycles. The fourth-order valence-corrected chi connectivity index (χ4v) is 2.03. The highest BCUT2D eigenvalue weighted by Crippen LogP contribution is 2.21. The van der Waals surface area contributed by atoms with E-state index in [4.69, 9.17) is 14.2 Å². The van der Waals surface area contributed by atoms with Gasteiger partial charge in [-0.1, -0.05) is 15.9 Å². The summed E-state index contributed by atoms with van der Waals surface area (Å²) in [6.07, 6.45) is -0.153. The zero-order valence-electron chi connectivity index (χ0n) is 10.3. The lowest BCUT2D eigenvalue weighted by Gasteiger charge is -2.37. The van der Waals surface area contributed by atoms with Crippen LogP contribution in [0.15, 0.2) is 28.7 Å². The molecule has 4 nitrogen and oxygen atoms in total. The molecule has 1 N–H and O–H groups in total. The largest absolute Gasteiger partial charge is 0.491 e. The Kier molecular flexibility index (Phi) is 4.61. The predicted molar refractivity (Wildman–Crippen MR) is 70.8 cm³/mol. The van der Waals surface area contributed by atoms with Crippen molar-refractivity contribution in [2.45, 2.75) is 18.6 Å². The minimum Gasteiger partial charge on any atom is -0.491 e. The first-order valence-electron chi connectivity index (χ1n) is 5.86. The Balaban J connectivity index is 1.85. The van der Waals surface area contributed by atoms with Crippen molar-refractivity contribution in [2.75, 3.05) is 26.4 Å². The summed E-state index contributed by atoms with van der Waals surface area (Å²) in [5.41, 5.74) is -0.619. The summed E-state index contributed by atoms with van der Waals surface area (Å²) in [7, 11) is 0. The van der Waals surface area contributed by atoms with E-state index in [0.29, 0.717) is 19.8 Å². The number of aliphatic hydroxyl groups excluding tert-OH is 1. The van der Waals surface area contributed by atoms with Gasteiger partial charge in [-0.15, -0.1) is 0 Å². The molecule has 1 aliphatic rings. The van der Waals surface area contributed by atoms with E-state index in [-0.39, 0.29) is 12.7 Å². The van der Waals surface area contributed by atoms with Crippen molar-refractivity contribution in [3.05, 3.63) is 28.7 Å². The average Bonchev–Trinajstić information content (AvgIpc) is 2.38. The lowest BCUT2D eigenvalue weighted by atomic mass is 10.1. The second kappa shape index (κ2) is 6.02. The summed E-state index contributed by atoms with van der Waals surface area (Å²) < 4.78 is 17.8. The van der Waals surface area contributed by atoms with Crippen molar-refractivity contribution in [3.63, 3.8) is 0 Å². The van der Waals surface area contributed by atoms with E-state index < -0.39 is 5.60 Å². The standard InChI is InChI=1S/C13H17BrO4/c1-13(8-15)9-16-6-12(18-13)7-17-11-4-2-10(14)3-5-11/h2-5,12,15H,6-9H2,1H3/t12-,13-/m0/s1. The molecule has 0 saturated carbocycles. The van der Waals surface area contributed by atoms with Crippen LogP contribution >= 0.6 is 15.9 Å². The van der Waals surface area contributed by atoms with Gasteiger partial charge in [-0.05, 0) is 31.2 Å². The van der Waals surface area contributed by atoms with Gasteiger partial charge in [0.25, 0.3) is 0 Å². The maximum atomic E-state index is 9.23. The van der Waals surface area contributed by atoms with Crippen molar-refractivity contribution in [3.8, 4) is 5.75 Å². The minimum absolute atomic E-state index is 0.0538. The minimum atomic E-state index is -0.619. The van der Waals surface area contributed by atoms with Gasteiger partial charge in [0.15, 0.2) is 0 Å². The van der Waals surface area contributed by atoms with Gasteiger partial charge >= 0.3 is 0 Å². The summed E-state index contributed by atoms with van der Waals surface area (Å²) in [6.45, 7) is 3.10. The molecule has 0 bridgehead atoms. The molecule has 100 valence electrons. The number of hydrogen-bond donors (Lipinski definition) is 1. The van der Waals surface area contributed by atoms with E-state index >= 15 is 0 Å². The molecule has 0 spiro atoms. The molecule has 18 heavy (non-hydrogen) atoms. The topological polar surface area (TPSA) is 47.9 Å². The lowest BCUT2D eigenvalue weighted by Crippen LogP contribution is -2.49. The van der Waals surface area contributed by atoms with E-state index in [9.17, 15) is 5.11 Å². The van der Waals surface area contributed by atoms with Crippen LogP contribution in [0.25, 0.3) is 0 Å². The van der Waals surface area contributed by atoms with Crippen molar-refractivity contribution < 1.29 is 19.3 Å². The Morgan fingerprint density at radius 3 is 2.83 bits per heavy atom. The zero-order valence-corrected chi connectivity index (χ0v) is 11.9. The van der Waals surface area contributed by atoms with Crippen LogP contribution in [0.3, 0.4) is 0 Å². The van der Waals surface area contributed by atoms with Crippen molar-refractivity contribution in [1.82, 2.24) is 0 Å². The molecule has 1 aromatic rings. The molecule has 1 aliphatic heterocycles. The molecule has 5 heteroatoms. The molecule has 1 fully saturated rings. The highest BCUT2D eigenvalue weighted by molar-refractivity contribution is 9.10. The SMILES string of the molecule is C[C@]1(CO)COC[C@@H](COc2ccc(Br)cc2)O1. The fraction of sp³-hybridized carbons (Fsp3) is 0.538. The molecule has 2 atom stereocenters. The number of ether oxygens (including phenoxy) is 3. The molecular weight excluding hydrogens is 300 g/mol. The monoisotopic (exact) mass is 316 g/mol. The third kappa shape index (κ3) is 3.68. The van der Waals surface area contributed by atoms with Crippen LogP contribution in [0.1, 0.15) is 6.92 Å². The zero-order chi connectivity index (χ0) is 13.0. The Labute approximate surface area is 115 Å². The molecule has 0 unspecified atom stereocenters. The van der Waals surface area contributed by atoms with Gasteiger partial charge < -0.3 is 19.3 Å². The van der Waals surface area contributed by atoms with Gasteiger partial charge in [-0.25, -0.2) is 0 Å². The van der Waals surface area contributed by atoms with Crippen LogP contribution in [-0.2, 0) is 9.47 Å². The Morgan fingerprint density at radius 2 is 2.17 bits per heavy atom. The second-order valence-electron chi connectivity index (χ2n) is 4.63. The van der Waals surface area contributed by atoms with Gasteiger partial charge in [0, 0.05) is 4.47 Å². The van der Waals surface area contributed by atoms with E-state index in [2.05, 4.69) is 15.9 Å². The molecular formula is C13H17BrO4. The highest BCUT2D eigenvalue weighted by Gasteiger charge is 2.33. The van der Waals surface area contributed by atoms with Crippen LogP contribution in [0, 0.1) is 0 Å². The summed E-state index contributed by atoms with van der Waals surface area (Å²) >= 11 is 3.37. The van der Waals surface area contributed by atoms with Gasteiger partial charge in [0.2, 0.25) is 0 Å². The molecule has 0 radical (unpaired) electrons. The second-order valence-corrected chi connectivity index (χ2v) is 5.54. The number of hydrogen-bond acceptors (Lipinski definition) is 4. The quantitative estimate of drug-likeness (QED) is 0.923. The average molecular weight is 317 g/mol. The van der Waals surface area contributed by atoms with Crippen LogP contribution in [0.5, 0.6) is 5.75 Å². The predicted octanol–water partition coefficient (Wildman–Crippen LogP) is 1.99. The number of aliphatic hydroxyl groups is 1. The smallest absolute Gasteiger partial charge is 0.119 e. The van der Waals surface area contributed by atoms with Crippen molar-refractivity contribution in [1.29, 1.82) is 0 Å². The number of benzene rings is 1. The fourth-order valence-electron chi connectivity index (χ4n) is 1.76. The number of halogens is 1. The van der Waals surface area contributed by atoms with Gasteiger partial charge in [-0.2, -0.15) is 0 Å². The lowest BCUT2D eigenvalue weighted by molar-refractivity contribution is -0.210. The molecule has 0 aliphatic carbocycles. The first-order valence-corrected chi connectivity index (χ1v) is 6.65. The maximum Gasteiger partial charge on any atom is 0.119 e.